The fraction of sp³-hybridized carbons (Fsp3) is 0.385. The van der Waals surface area contributed by atoms with Crippen LogP contribution in [0.4, 0.5) is 0 Å². The fourth-order valence-corrected chi connectivity index (χ4v) is 1.80. The van der Waals surface area contributed by atoms with Crippen LogP contribution in [0.25, 0.3) is 0 Å². The van der Waals surface area contributed by atoms with E-state index in [2.05, 4.69) is 15.3 Å². The van der Waals surface area contributed by atoms with Crippen molar-refractivity contribution in [2.24, 2.45) is 0 Å². The van der Waals surface area contributed by atoms with E-state index in [-0.39, 0.29) is 6.04 Å². The van der Waals surface area contributed by atoms with Gasteiger partial charge >= 0.3 is 0 Å². The summed E-state index contributed by atoms with van der Waals surface area (Å²) in [6, 6.07) is 3.52. The van der Waals surface area contributed by atoms with Crippen molar-refractivity contribution in [3.05, 3.63) is 36.0 Å². The smallest absolute Gasteiger partial charge is 0.240 e. The number of ether oxygens (including phenoxy) is 2. The van der Waals surface area contributed by atoms with E-state index in [1.54, 1.807) is 19.6 Å². The summed E-state index contributed by atoms with van der Waals surface area (Å²) < 4.78 is 15.8. The van der Waals surface area contributed by atoms with E-state index in [4.69, 9.17) is 13.9 Å². The van der Waals surface area contributed by atoms with Gasteiger partial charge < -0.3 is 19.2 Å². The summed E-state index contributed by atoms with van der Waals surface area (Å²) in [4.78, 5) is 8.59. The zero-order chi connectivity index (χ0) is 13.7. The van der Waals surface area contributed by atoms with Crippen molar-refractivity contribution in [1.82, 2.24) is 15.3 Å². The molecule has 2 aromatic heterocycles. The lowest BCUT2D eigenvalue weighted by Crippen LogP contribution is -2.23. The molecule has 0 saturated heterocycles. The van der Waals surface area contributed by atoms with Crippen LogP contribution in [0.1, 0.15) is 24.4 Å². The van der Waals surface area contributed by atoms with E-state index in [0.717, 1.165) is 12.3 Å². The molecule has 2 heterocycles. The minimum absolute atomic E-state index is 0.201. The molecule has 1 atom stereocenters. The van der Waals surface area contributed by atoms with Gasteiger partial charge in [-0.1, -0.05) is 6.92 Å². The first-order valence-corrected chi connectivity index (χ1v) is 6.01. The van der Waals surface area contributed by atoms with Crippen molar-refractivity contribution in [1.29, 1.82) is 0 Å². The Bertz CT molecular complexity index is 514. The molecule has 19 heavy (non-hydrogen) atoms. The maximum atomic E-state index is 5.44. The summed E-state index contributed by atoms with van der Waals surface area (Å²) in [6.07, 6.45) is 3.19. The van der Waals surface area contributed by atoms with Gasteiger partial charge in [0.15, 0.2) is 0 Å². The van der Waals surface area contributed by atoms with Crippen molar-refractivity contribution < 1.29 is 13.9 Å². The van der Waals surface area contributed by atoms with Crippen LogP contribution in [0.3, 0.4) is 0 Å². The highest BCUT2D eigenvalue weighted by Crippen LogP contribution is 2.28. The van der Waals surface area contributed by atoms with Gasteiger partial charge in [-0.25, -0.2) is 4.98 Å². The number of aromatic nitrogens is 2. The Kier molecular flexibility index (Phi) is 4.35. The lowest BCUT2D eigenvalue weighted by atomic mass is 10.1. The molecule has 1 unspecified atom stereocenters. The standard InChI is InChI=1S/C13H17N3O3/c1-4-14-11(9-6-5-7-19-9)12-13(18-3)16-10(17-2)8-15-12/h5-8,11,14H,4H2,1-3H3. The first-order valence-electron chi connectivity index (χ1n) is 6.01. The molecule has 6 heteroatoms. The molecule has 0 radical (unpaired) electrons. The molecular weight excluding hydrogens is 246 g/mol. The van der Waals surface area contributed by atoms with Crippen LogP contribution in [-0.2, 0) is 0 Å². The predicted molar refractivity (Wildman–Crippen MR) is 69.4 cm³/mol. The van der Waals surface area contributed by atoms with E-state index >= 15 is 0 Å². The molecule has 0 bridgehead atoms. The van der Waals surface area contributed by atoms with Crippen LogP contribution >= 0.6 is 0 Å². The van der Waals surface area contributed by atoms with Crippen LogP contribution in [-0.4, -0.2) is 30.7 Å². The number of hydrogen-bond donors (Lipinski definition) is 1. The lowest BCUT2D eigenvalue weighted by molar-refractivity contribution is 0.348. The average Bonchev–Trinajstić information content (AvgIpc) is 2.98. The van der Waals surface area contributed by atoms with Gasteiger partial charge in [-0.3, -0.25) is 0 Å². The number of methoxy groups -OCH3 is 2. The SMILES string of the molecule is CCNC(c1ccco1)c1ncc(OC)nc1OC. The van der Waals surface area contributed by atoms with Gasteiger partial charge in [-0.15, -0.1) is 0 Å². The fourth-order valence-electron chi connectivity index (χ4n) is 1.80. The lowest BCUT2D eigenvalue weighted by Gasteiger charge is -2.17. The Hall–Kier alpha value is -2.08. The second-order valence-electron chi connectivity index (χ2n) is 3.81. The van der Waals surface area contributed by atoms with E-state index in [9.17, 15) is 0 Å². The molecule has 0 aromatic carbocycles. The summed E-state index contributed by atoms with van der Waals surface area (Å²) in [5.41, 5.74) is 0.667. The molecule has 1 N–H and O–H groups in total. The van der Waals surface area contributed by atoms with Gasteiger partial charge in [-0.05, 0) is 18.7 Å². The van der Waals surface area contributed by atoms with Gasteiger partial charge in [0.2, 0.25) is 11.8 Å². The number of nitrogens with one attached hydrogen (secondary N) is 1. The molecule has 0 saturated carbocycles. The number of rotatable bonds is 6. The molecule has 0 spiro atoms. The van der Waals surface area contributed by atoms with Crippen molar-refractivity contribution in [3.63, 3.8) is 0 Å². The number of nitrogens with zero attached hydrogens (tertiary/aromatic N) is 2. The van der Waals surface area contributed by atoms with E-state index in [1.807, 2.05) is 19.1 Å². The summed E-state index contributed by atoms with van der Waals surface area (Å²) in [7, 11) is 3.09. The maximum absolute atomic E-state index is 5.44. The van der Waals surface area contributed by atoms with Gasteiger partial charge in [0, 0.05) is 0 Å². The molecule has 2 rings (SSSR count). The largest absolute Gasteiger partial charge is 0.480 e. The third kappa shape index (κ3) is 2.85. The Labute approximate surface area is 111 Å². The van der Waals surface area contributed by atoms with Crippen LogP contribution < -0.4 is 14.8 Å². The monoisotopic (exact) mass is 263 g/mol. The quantitative estimate of drug-likeness (QED) is 0.856. The van der Waals surface area contributed by atoms with Gasteiger partial charge in [0.25, 0.3) is 0 Å². The van der Waals surface area contributed by atoms with Crippen LogP contribution in [0.2, 0.25) is 0 Å². The Morgan fingerprint density at radius 3 is 2.79 bits per heavy atom. The van der Waals surface area contributed by atoms with Crippen molar-refractivity contribution >= 4 is 0 Å². The normalized spacial score (nSPS) is 12.2. The van der Waals surface area contributed by atoms with Crippen LogP contribution in [0, 0.1) is 0 Å². The molecule has 6 nitrogen and oxygen atoms in total. The van der Waals surface area contributed by atoms with E-state index in [1.165, 1.54) is 7.11 Å². The minimum Gasteiger partial charge on any atom is -0.480 e. The highest BCUT2D eigenvalue weighted by atomic mass is 16.5. The molecule has 0 fully saturated rings. The maximum Gasteiger partial charge on any atom is 0.240 e. The third-order valence-corrected chi connectivity index (χ3v) is 2.66. The van der Waals surface area contributed by atoms with Crippen molar-refractivity contribution in [2.75, 3.05) is 20.8 Å². The summed E-state index contributed by atoms with van der Waals surface area (Å²) in [5.74, 6) is 1.59. The summed E-state index contributed by atoms with van der Waals surface area (Å²) in [6.45, 7) is 2.78. The number of hydrogen-bond acceptors (Lipinski definition) is 6. The topological polar surface area (TPSA) is 69.4 Å². The molecule has 0 amide bonds. The molecule has 2 aromatic rings. The van der Waals surface area contributed by atoms with Crippen molar-refractivity contribution in [2.45, 2.75) is 13.0 Å². The van der Waals surface area contributed by atoms with Gasteiger partial charge in [-0.2, -0.15) is 4.98 Å². The molecule has 0 aliphatic rings. The molecular formula is C13H17N3O3. The number of furan rings is 1. The molecule has 0 aliphatic carbocycles. The van der Waals surface area contributed by atoms with Crippen LogP contribution in [0.15, 0.2) is 29.0 Å². The third-order valence-electron chi connectivity index (χ3n) is 2.66. The van der Waals surface area contributed by atoms with E-state index in [0.29, 0.717) is 17.5 Å². The Morgan fingerprint density at radius 1 is 1.37 bits per heavy atom. The zero-order valence-electron chi connectivity index (χ0n) is 11.2. The van der Waals surface area contributed by atoms with Crippen LogP contribution in [0.5, 0.6) is 11.8 Å². The summed E-state index contributed by atoms with van der Waals surface area (Å²) in [5, 5.41) is 3.30. The average molecular weight is 263 g/mol. The Morgan fingerprint density at radius 2 is 2.21 bits per heavy atom. The molecule has 102 valence electrons. The minimum atomic E-state index is -0.201. The zero-order valence-corrected chi connectivity index (χ0v) is 11.2. The highest BCUT2D eigenvalue weighted by molar-refractivity contribution is 5.30. The van der Waals surface area contributed by atoms with Crippen molar-refractivity contribution in [3.8, 4) is 11.8 Å². The highest BCUT2D eigenvalue weighted by Gasteiger charge is 2.23. The van der Waals surface area contributed by atoms with E-state index < -0.39 is 0 Å². The summed E-state index contributed by atoms with van der Waals surface area (Å²) >= 11 is 0. The van der Waals surface area contributed by atoms with Gasteiger partial charge in [0.1, 0.15) is 17.5 Å². The second-order valence-corrected chi connectivity index (χ2v) is 3.81. The predicted octanol–water partition coefficient (Wildman–Crippen LogP) is 1.79. The first-order chi connectivity index (χ1) is 9.30. The molecule has 0 aliphatic heterocycles. The second kappa shape index (κ2) is 6.19. The van der Waals surface area contributed by atoms with Gasteiger partial charge in [0.05, 0.1) is 26.7 Å². The Balaban J connectivity index is 2.41. The first kappa shape index (κ1) is 13.4.